The van der Waals surface area contributed by atoms with Crippen LogP contribution in [0.5, 0.6) is 0 Å². The molecule has 0 radical (unpaired) electrons. The highest BCUT2D eigenvalue weighted by Gasteiger charge is 2.30. The lowest BCUT2D eigenvalue weighted by molar-refractivity contribution is -0.384. The molecule has 0 bridgehead atoms. The average Bonchev–Trinajstić information content (AvgIpc) is 3.46. The molecule has 224 valence electrons. The number of nitro groups is 1. The third kappa shape index (κ3) is 7.76. The first-order chi connectivity index (χ1) is 20.5. The SMILES string of the molecule is Cc1ccc(CN(Cc2cccc(C(F)(F)F)c2)Cc2nc(C(=O)N3CCN(c4ccc([N+](=O)[O-])cc4)CC3)cs2)cc1. The fourth-order valence-electron chi connectivity index (χ4n) is 5.01. The van der Waals surface area contributed by atoms with E-state index in [-0.39, 0.29) is 18.1 Å². The highest BCUT2D eigenvalue weighted by molar-refractivity contribution is 7.09. The van der Waals surface area contributed by atoms with Gasteiger partial charge in [0.15, 0.2) is 0 Å². The van der Waals surface area contributed by atoms with Gasteiger partial charge in [0.2, 0.25) is 0 Å². The van der Waals surface area contributed by atoms with E-state index in [1.54, 1.807) is 28.5 Å². The molecule has 12 heteroatoms. The first-order valence-corrected chi connectivity index (χ1v) is 14.6. The zero-order valence-electron chi connectivity index (χ0n) is 23.5. The predicted octanol–water partition coefficient (Wildman–Crippen LogP) is 6.54. The fraction of sp³-hybridized carbons (Fsp3) is 0.290. The first-order valence-electron chi connectivity index (χ1n) is 13.7. The third-order valence-electron chi connectivity index (χ3n) is 7.31. The zero-order chi connectivity index (χ0) is 30.6. The van der Waals surface area contributed by atoms with Gasteiger partial charge in [-0.3, -0.25) is 19.8 Å². The Labute approximate surface area is 251 Å². The maximum atomic E-state index is 13.3. The van der Waals surface area contributed by atoms with E-state index in [2.05, 4.69) is 9.88 Å². The van der Waals surface area contributed by atoms with Gasteiger partial charge in [-0.15, -0.1) is 11.3 Å². The molecule has 0 aliphatic carbocycles. The van der Waals surface area contributed by atoms with E-state index in [1.807, 2.05) is 36.1 Å². The van der Waals surface area contributed by atoms with E-state index in [0.717, 1.165) is 22.9 Å². The number of aryl methyl sites for hydroxylation is 1. The first kappa shape index (κ1) is 30.2. The quantitative estimate of drug-likeness (QED) is 0.158. The molecule has 8 nitrogen and oxygen atoms in total. The number of amides is 1. The molecule has 1 aliphatic rings. The number of carbonyl (C=O) groups excluding carboxylic acids is 1. The van der Waals surface area contributed by atoms with Crippen LogP contribution in [0.2, 0.25) is 0 Å². The van der Waals surface area contributed by atoms with Crippen molar-refractivity contribution in [1.29, 1.82) is 0 Å². The largest absolute Gasteiger partial charge is 0.416 e. The second-order valence-electron chi connectivity index (χ2n) is 10.5. The van der Waals surface area contributed by atoms with E-state index in [0.29, 0.717) is 55.5 Å². The minimum absolute atomic E-state index is 0.0316. The van der Waals surface area contributed by atoms with Gasteiger partial charge in [-0.1, -0.05) is 48.0 Å². The topological polar surface area (TPSA) is 82.8 Å². The lowest BCUT2D eigenvalue weighted by Gasteiger charge is -2.35. The van der Waals surface area contributed by atoms with Crippen LogP contribution in [0.1, 0.15) is 37.7 Å². The number of nitro benzene ring substituents is 1. The van der Waals surface area contributed by atoms with Gasteiger partial charge in [0.05, 0.1) is 17.0 Å². The second-order valence-corrected chi connectivity index (χ2v) is 11.5. The summed E-state index contributed by atoms with van der Waals surface area (Å²) < 4.78 is 40.0. The fourth-order valence-corrected chi connectivity index (χ4v) is 5.82. The van der Waals surface area contributed by atoms with E-state index in [1.165, 1.54) is 35.6 Å². The van der Waals surface area contributed by atoms with Crippen molar-refractivity contribution in [3.63, 3.8) is 0 Å². The number of thiazole rings is 1. The monoisotopic (exact) mass is 609 g/mol. The molecule has 0 saturated carbocycles. The summed E-state index contributed by atoms with van der Waals surface area (Å²) >= 11 is 1.36. The predicted molar refractivity (Wildman–Crippen MR) is 159 cm³/mol. The highest BCUT2D eigenvalue weighted by atomic mass is 32.1. The van der Waals surface area contributed by atoms with Gasteiger partial charge in [0.25, 0.3) is 11.6 Å². The van der Waals surface area contributed by atoms with Crippen LogP contribution < -0.4 is 4.90 Å². The van der Waals surface area contributed by atoms with Gasteiger partial charge in [0.1, 0.15) is 10.7 Å². The molecule has 0 N–H and O–H groups in total. The molecule has 0 spiro atoms. The molecule has 4 aromatic rings. The smallest absolute Gasteiger partial charge is 0.368 e. The van der Waals surface area contributed by atoms with Crippen molar-refractivity contribution in [1.82, 2.24) is 14.8 Å². The summed E-state index contributed by atoms with van der Waals surface area (Å²) in [4.78, 5) is 34.2. The van der Waals surface area contributed by atoms with Crippen molar-refractivity contribution in [3.05, 3.63) is 121 Å². The van der Waals surface area contributed by atoms with Crippen molar-refractivity contribution in [2.75, 3.05) is 31.1 Å². The number of piperazine rings is 1. The summed E-state index contributed by atoms with van der Waals surface area (Å²) in [6.45, 7) is 5.29. The summed E-state index contributed by atoms with van der Waals surface area (Å²) in [7, 11) is 0. The molecule has 1 aromatic heterocycles. The number of alkyl halides is 3. The molecular weight excluding hydrogens is 579 g/mol. The van der Waals surface area contributed by atoms with Gasteiger partial charge < -0.3 is 9.80 Å². The van der Waals surface area contributed by atoms with E-state index >= 15 is 0 Å². The Hall–Kier alpha value is -4.29. The summed E-state index contributed by atoms with van der Waals surface area (Å²) in [5, 5.41) is 13.4. The Morgan fingerprint density at radius 3 is 2.28 bits per heavy atom. The number of hydrogen-bond donors (Lipinski definition) is 0. The number of aromatic nitrogens is 1. The van der Waals surface area contributed by atoms with Crippen molar-refractivity contribution in [2.45, 2.75) is 32.7 Å². The second kappa shape index (κ2) is 12.9. The van der Waals surface area contributed by atoms with Gasteiger partial charge in [-0.05, 0) is 36.2 Å². The van der Waals surface area contributed by atoms with Crippen LogP contribution in [-0.2, 0) is 25.8 Å². The summed E-state index contributed by atoms with van der Waals surface area (Å²) in [6, 6.07) is 19.7. The van der Waals surface area contributed by atoms with Crippen LogP contribution in [-0.4, -0.2) is 51.8 Å². The lowest BCUT2D eigenvalue weighted by atomic mass is 10.1. The van der Waals surface area contributed by atoms with Gasteiger partial charge in [-0.25, -0.2) is 4.98 Å². The normalized spacial score (nSPS) is 13.9. The minimum atomic E-state index is -4.42. The summed E-state index contributed by atoms with van der Waals surface area (Å²) in [6.07, 6.45) is -4.42. The van der Waals surface area contributed by atoms with Gasteiger partial charge in [-0.2, -0.15) is 13.2 Å². The molecule has 5 rings (SSSR count). The third-order valence-corrected chi connectivity index (χ3v) is 8.14. The zero-order valence-corrected chi connectivity index (χ0v) is 24.3. The standard InChI is InChI=1S/C31H30F3N5O3S/c1-22-5-7-23(8-6-22)18-36(19-24-3-2-4-25(17-24)31(32,33)34)20-29-35-28(21-43-29)30(40)38-15-13-37(14-16-38)26-9-11-27(12-10-26)39(41)42/h2-12,17,21H,13-16,18-20H2,1H3. The number of nitrogens with zero attached hydrogens (tertiary/aromatic N) is 5. The molecule has 2 heterocycles. The number of non-ortho nitro benzene ring substituents is 1. The number of benzene rings is 3. The van der Waals surface area contributed by atoms with Crippen molar-refractivity contribution in [3.8, 4) is 0 Å². The highest BCUT2D eigenvalue weighted by Crippen LogP contribution is 2.30. The van der Waals surface area contributed by atoms with Crippen molar-refractivity contribution in [2.24, 2.45) is 0 Å². The molecular formula is C31H30F3N5O3S. The van der Waals surface area contributed by atoms with Crippen LogP contribution in [0.4, 0.5) is 24.5 Å². The van der Waals surface area contributed by atoms with E-state index in [4.69, 9.17) is 0 Å². The maximum Gasteiger partial charge on any atom is 0.416 e. The number of halogens is 3. The van der Waals surface area contributed by atoms with Gasteiger partial charge in [0, 0.05) is 62.5 Å². The Bertz CT molecular complexity index is 1570. The van der Waals surface area contributed by atoms with Crippen molar-refractivity contribution < 1.29 is 22.9 Å². The van der Waals surface area contributed by atoms with Crippen LogP contribution in [0, 0.1) is 17.0 Å². The van der Waals surface area contributed by atoms with Crippen molar-refractivity contribution >= 4 is 28.6 Å². The minimum Gasteiger partial charge on any atom is -0.368 e. The Kier molecular flexibility index (Phi) is 9.07. The Morgan fingerprint density at radius 2 is 1.63 bits per heavy atom. The molecule has 1 amide bonds. The lowest BCUT2D eigenvalue weighted by Crippen LogP contribution is -2.48. The van der Waals surface area contributed by atoms with E-state index < -0.39 is 16.7 Å². The average molecular weight is 610 g/mol. The molecule has 43 heavy (non-hydrogen) atoms. The number of anilines is 1. The maximum absolute atomic E-state index is 13.3. The van der Waals surface area contributed by atoms with Gasteiger partial charge >= 0.3 is 6.18 Å². The molecule has 1 aliphatic heterocycles. The summed E-state index contributed by atoms with van der Waals surface area (Å²) in [5.74, 6) is -0.172. The molecule has 1 saturated heterocycles. The molecule has 3 aromatic carbocycles. The number of carbonyl (C=O) groups is 1. The number of rotatable bonds is 9. The molecule has 0 atom stereocenters. The Morgan fingerprint density at radius 1 is 0.953 bits per heavy atom. The molecule has 0 unspecified atom stereocenters. The van der Waals surface area contributed by atoms with Crippen LogP contribution >= 0.6 is 11.3 Å². The Balaban J connectivity index is 1.24. The summed E-state index contributed by atoms with van der Waals surface area (Å²) in [5.41, 5.74) is 3.24. The van der Waals surface area contributed by atoms with Crippen LogP contribution in [0.3, 0.4) is 0 Å². The molecule has 1 fully saturated rings. The van der Waals surface area contributed by atoms with E-state index in [9.17, 15) is 28.1 Å². The van der Waals surface area contributed by atoms with Crippen LogP contribution in [0.25, 0.3) is 0 Å². The number of hydrogen-bond acceptors (Lipinski definition) is 7. The van der Waals surface area contributed by atoms with Crippen LogP contribution in [0.15, 0.2) is 78.2 Å².